The summed E-state index contributed by atoms with van der Waals surface area (Å²) in [5, 5.41) is 2.84. The minimum absolute atomic E-state index is 0.0365. The Morgan fingerprint density at radius 2 is 2.25 bits per heavy atom. The smallest absolute Gasteiger partial charge is 0.244 e. The second-order valence-electron chi connectivity index (χ2n) is 4.53. The Balaban J connectivity index is 2.48. The van der Waals surface area contributed by atoms with E-state index >= 15 is 0 Å². The number of nitrogens with two attached hydrogens (primary N) is 1. The number of carbonyl (C=O) groups excluding carboxylic acids is 1. The number of nitrogens with one attached hydrogen (secondary N) is 1. The minimum Gasteiger partial charge on any atom is -0.493 e. The van der Waals surface area contributed by atoms with Crippen LogP contribution in [0.1, 0.15) is 12.0 Å². The van der Waals surface area contributed by atoms with E-state index in [1.165, 1.54) is 12.0 Å². The molecule has 0 spiro atoms. The third-order valence-corrected chi connectivity index (χ3v) is 3.50. The number of amides is 1. The third kappa shape index (κ3) is 2.23. The lowest BCUT2D eigenvalue weighted by Crippen LogP contribution is -2.36. The van der Waals surface area contributed by atoms with Crippen molar-refractivity contribution in [3.05, 3.63) is 23.3 Å². The van der Waals surface area contributed by atoms with Gasteiger partial charge in [-0.15, -0.1) is 0 Å². The van der Waals surface area contributed by atoms with Gasteiger partial charge < -0.3 is 20.7 Å². The van der Waals surface area contributed by atoms with E-state index in [0.29, 0.717) is 13.0 Å². The number of ether oxygens (including phenoxy) is 1. The van der Waals surface area contributed by atoms with Crippen molar-refractivity contribution in [2.75, 3.05) is 25.6 Å². The molecule has 1 aliphatic rings. The number of carbonyl (C=O) groups is 1. The zero-order valence-corrected chi connectivity index (χ0v) is 11.4. The molecule has 1 aromatic carbocycles. The Labute approximate surface area is 115 Å². The summed E-state index contributed by atoms with van der Waals surface area (Å²) in [6, 6.07) is 0.619. The van der Waals surface area contributed by atoms with Crippen LogP contribution in [0, 0.1) is 11.6 Å². The molecular formula is C13H17F2N3O2. The highest BCUT2D eigenvalue weighted by Gasteiger charge is 2.34. The summed E-state index contributed by atoms with van der Waals surface area (Å²) >= 11 is 0. The molecule has 1 heterocycles. The van der Waals surface area contributed by atoms with Gasteiger partial charge in [0.15, 0.2) is 11.6 Å². The Kier molecular flexibility index (Phi) is 4.20. The van der Waals surface area contributed by atoms with Gasteiger partial charge in [-0.1, -0.05) is 0 Å². The van der Waals surface area contributed by atoms with Gasteiger partial charge in [0.1, 0.15) is 5.82 Å². The van der Waals surface area contributed by atoms with Crippen molar-refractivity contribution in [2.45, 2.75) is 19.0 Å². The first-order valence-electron chi connectivity index (χ1n) is 6.28. The second-order valence-corrected chi connectivity index (χ2v) is 4.53. The van der Waals surface area contributed by atoms with Gasteiger partial charge in [0.2, 0.25) is 5.91 Å². The molecule has 1 unspecified atom stereocenters. The molecular weight excluding hydrogens is 268 g/mol. The molecule has 5 nitrogen and oxygen atoms in total. The molecule has 110 valence electrons. The predicted octanol–water partition coefficient (Wildman–Crippen LogP) is 0.757. The van der Waals surface area contributed by atoms with Gasteiger partial charge >= 0.3 is 0 Å². The number of hydrogen-bond acceptors (Lipinski definition) is 4. The molecule has 0 aromatic heterocycles. The SMILES string of the molecule is CNC1CCN(c2cc(F)c(CN)c(OC)c2F)C1=O. The van der Waals surface area contributed by atoms with Crippen molar-refractivity contribution in [1.82, 2.24) is 5.32 Å². The standard InChI is InChI=1S/C13H17F2N3O2/c1-17-9-3-4-18(13(9)19)10-5-8(14)7(6-16)12(20-2)11(10)15/h5,9,17H,3-4,6,16H2,1-2H3. The molecule has 1 aliphatic heterocycles. The lowest BCUT2D eigenvalue weighted by Gasteiger charge is -2.20. The average molecular weight is 285 g/mol. The molecule has 1 saturated heterocycles. The first kappa shape index (κ1) is 14.7. The molecule has 0 saturated carbocycles. The molecule has 3 N–H and O–H groups in total. The minimum atomic E-state index is -0.764. The molecule has 1 atom stereocenters. The van der Waals surface area contributed by atoms with E-state index in [0.717, 1.165) is 6.07 Å². The normalized spacial score (nSPS) is 18.8. The lowest BCUT2D eigenvalue weighted by atomic mass is 10.1. The van der Waals surface area contributed by atoms with Crippen LogP contribution in [0.25, 0.3) is 0 Å². The number of anilines is 1. The van der Waals surface area contributed by atoms with Gasteiger partial charge in [-0.3, -0.25) is 4.79 Å². The van der Waals surface area contributed by atoms with Crippen LogP contribution in [0.15, 0.2) is 6.07 Å². The van der Waals surface area contributed by atoms with Gasteiger partial charge in [-0.25, -0.2) is 8.78 Å². The van der Waals surface area contributed by atoms with Crippen LogP contribution >= 0.6 is 0 Å². The average Bonchev–Trinajstić information content (AvgIpc) is 2.81. The van der Waals surface area contributed by atoms with Crippen molar-refractivity contribution in [1.29, 1.82) is 0 Å². The maximum atomic E-state index is 14.4. The number of rotatable bonds is 4. The fourth-order valence-corrected chi connectivity index (χ4v) is 2.41. The van der Waals surface area contributed by atoms with Crippen molar-refractivity contribution >= 4 is 11.6 Å². The molecule has 0 aliphatic carbocycles. The van der Waals surface area contributed by atoms with E-state index in [-0.39, 0.29) is 35.5 Å². The van der Waals surface area contributed by atoms with E-state index in [2.05, 4.69) is 5.32 Å². The summed E-state index contributed by atoms with van der Waals surface area (Å²) < 4.78 is 33.2. The molecule has 1 fully saturated rings. The van der Waals surface area contributed by atoms with Crippen molar-refractivity contribution < 1.29 is 18.3 Å². The summed E-state index contributed by atoms with van der Waals surface area (Å²) in [5.41, 5.74) is 5.24. The van der Waals surface area contributed by atoms with Crippen LogP contribution in [0.2, 0.25) is 0 Å². The summed E-state index contributed by atoms with van der Waals surface area (Å²) in [6.07, 6.45) is 0.539. The molecule has 2 rings (SSSR count). The highest BCUT2D eigenvalue weighted by Crippen LogP contribution is 2.35. The maximum absolute atomic E-state index is 14.4. The molecule has 20 heavy (non-hydrogen) atoms. The van der Waals surface area contributed by atoms with E-state index in [4.69, 9.17) is 10.5 Å². The zero-order valence-electron chi connectivity index (χ0n) is 11.4. The fourth-order valence-electron chi connectivity index (χ4n) is 2.41. The number of benzene rings is 1. The summed E-state index contributed by atoms with van der Waals surface area (Å²) in [6.45, 7) is 0.144. The van der Waals surface area contributed by atoms with Crippen molar-refractivity contribution in [3.8, 4) is 5.75 Å². The number of likely N-dealkylation sites (N-methyl/N-ethyl adjacent to an activating group) is 1. The van der Waals surface area contributed by atoms with E-state index < -0.39 is 11.6 Å². The van der Waals surface area contributed by atoms with Gasteiger partial charge in [0.25, 0.3) is 0 Å². The number of halogens is 2. The fraction of sp³-hybridized carbons (Fsp3) is 0.462. The van der Waals surface area contributed by atoms with E-state index in [1.54, 1.807) is 7.05 Å². The Morgan fingerprint density at radius 3 is 2.75 bits per heavy atom. The van der Waals surface area contributed by atoms with Gasteiger partial charge in [-0.05, 0) is 13.5 Å². The Hall–Kier alpha value is -1.73. The number of methoxy groups -OCH3 is 1. The van der Waals surface area contributed by atoms with Crippen LogP contribution in [0.5, 0.6) is 5.75 Å². The van der Waals surface area contributed by atoms with Crippen LogP contribution in [-0.2, 0) is 11.3 Å². The molecule has 7 heteroatoms. The maximum Gasteiger partial charge on any atom is 0.244 e. The summed E-state index contributed by atoms with van der Waals surface area (Å²) in [5.74, 6) is -1.97. The van der Waals surface area contributed by atoms with Gasteiger partial charge in [0.05, 0.1) is 18.8 Å². The predicted molar refractivity (Wildman–Crippen MR) is 70.6 cm³/mol. The number of nitrogens with zero attached hydrogens (tertiary/aromatic N) is 1. The van der Waals surface area contributed by atoms with Gasteiger partial charge in [-0.2, -0.15) is 0 Å². The summed E-state index contributed by atoms with van der Waals surface area (Å²) in [7, 11) is 2.89. The lowest BCUT2D eigenvalue weighted by molar-refractivity contribution is -0.118. The largest absolute Gasteiger partial charge is 0.493 e. The quantitative estimate of drug-likeness (QED) is 0.857. The molecule has 1 amide bonds. The van der Waals surface area contributed by atoms with Crippen LogP contribution < -0.4 is 20.7 Å². The first-order valence-corrected chi connectivity index (χ1v) is 6.28. The van der Waals surface area contributed by atoms with Gasteiger partial charge in [0, 0.05) is 24.7 Å². The highest BCUT2D eigenvalue weighted by atomic mass is 19.1. The van der Waals surface area contributed by atoms with Crippen molar-refractivity contribution in [2.24, 2.45) is 5.73 Å². The second kappa shape index (κ2) is 5.72. The Morgan fingerprint density at radius 1 is 1.55 bits per heavy atom. The van der Waals surface area contributed by atoms with Crippen LogP contribution in [-0.4, -0.2) is 32.7 Å². The molecule has 0 bridgehead atoms. The number of hydrogen-bond donors (Lipinski definition) is 2. The Bertz CT molecular complexity index is 537. The topological polar surface area (TPSA) is 67.6 Å². The third-order valence-electron chi connectivity index (χ3n) is 3.50. The molecule has 0 radical (unpaired) electrons. The van der Waals surface area contributed by atoms with E-state index in [9.17, 15) is 13.6 Å². The highest BCUT2D eigenvalue weighted by molar-refractivity contribution is 5.99. The first-order chi connectivity index (χ1) is 9.54. The van der Waals surface area contributed by atoms with Crippen LogP contribution in [0.4, 0.5) is 14.5 Å². The van der Waals surface area contributed by atoms with E-state index in [1.807, 2.05) is 0 Å². The van der Waals surface area contributed by atoms with Crippen molar-refractivity contribution in [3.63, 3.8) is 0 Å². The molecule has 1 aromatic rings. The zero-order chi connectivity index (χ0) is 14.9. The monoisotopic (exact) mass is 285 g/mol. The van der Waals surface area contributed by atoms with Crippen LogP contribution in [0.3, 0.4) is 0 Å². The summed E-state index contributed by atoms with van der Waals surface area (Å²) in [4.78, 5) is 13.3.